The van der Waals surface area contributed by atoms with Crippen LogP contribution in [0.15, 0.2) is 36.9 Å². The summed E-state index contributed by atoms with van der Waals surface area (Å²) >= 11 is 0. The molecule has 0 fully saturated rings. The van der Waals surface area contributed by atoms with Crippen LogP contribution in [0.1, 0.15) is 50.7 Å². The maximum Gasteiger partial charge on any atom is 0.249 e. The van der Waals surface area contributed by atoms with Crippen LogP contribution in [0, 0.1) is 0 Å². The molecule has 0 amide bonds. The molecule has 1 aromatic heterocycles. The predicted molar refractivity (Wildman–Crippen MR) is 83.8 cm³/mol. The third-order valence-electron chi connectivity index (χ3n) is 3.60. The molecule has 0 aliphatic heterocycles. The van der Waals surface area contributed by atoms with Crippen molar-refractivity contribution in [2.75, 3.05) is 0 Å². The molecule has 1 aromatic carbocycles. The van der Waals surface area contributed by atoms with E-state index in [1.807, 2.05) is 10.6 Å². The van der Waals surface area contributed by atoms with E-state index < -0.39 is 16.0 Å². The zero-order chi connectivity index (χ0) is 16.5. The average Bonchev–Trinajstić information content (AvgIpc) is 2.83. The number of para-hydroxylation sites is 1. The summed E-state index contributed by atoms with van der Waals surface area (Å²) in [4.78, 5) is 0. The van der Waals surface area contributed by atoms with Crippen molar-refractivity contribution in [3.63, 3.8) is 0 Å². The standard InChI is InChI=1S/C16H22N2O3S/c1-12(2)14-6-5-7-15(13(3)4)16(14)18-9-8-17(10-18)11-22(19,20)21/h5-10,12-13H,11H2,1-4H3. The van der Waals surface area contributed by atoms with Gasteiger partial charge in [-0.05, 0) is 11.8 Å². The second-order valence-corrected chi connectivity index (χ2v) is 7.49. The fraction of sp³-hybridized carbons (Fsp3) is 0.438. The molecular weight excluding hydrogens is 300 g/mol. The van der Waals surface area contributed by atoms with Gasteiger partial charge in [-0.1, -0.05) is 45.9 Å². The molecule has 0 aliphatic carbocycles. The molecule has 0 radical (unpaired) electrons. The molecule has 2 aromatic rings. The lowest BCUT2D eigenvalue weighted by molar-refractivity contribution is -0.677. The highest BCUT2D eigenvalue weighted by molar-refractivity contribution is 7.84. The zero-order valence-electron chi connectivity index (χ0n) is 13.4. The lowest BCUT2D eigenvalue weighted by atomic mass is 9.92. The summed E-state index contributed by atoms with van der Waals surface area (Å²) in [6.45, 7) is 8.51. The second-order valence-electron chi connectivity index (χ2n) is 6.12. The minimum atomic E-state index is -4.30. The van der Waals surface area contributed by atoms with E-state index in [1.165, 1.54) is 15.7 Å². The zero-order valence-corrected chi connectivity index (χ0v) is 14.2. The summed E-state index contributed by atoms with van der Waals surface area (Å²) in [7, 11) is -4.30. The van der Waals surface area contributed by atoms with Gasteiger partial charge in [-0.15, -0.1) is 0 Å². The minimum absolute atomic E-state index is 0.341. The van der Waals surface area contributed by atoms with E-state index in [9.17, 15) is 13.0 Å². The average molecular weight is 322 g/mol. The summed E-state index contributed by atoms with van der Waals surface area (Å²) in [5.41, 5.74) is 3.45. The van der Waals surface area contributed by atoms with Gasteiger partial charge in [0.05, 0.1) is 0 Å². The molecule has 22 heavy (non-hydrogen) atoms. The smallest absolute Gasteiger partial charge is 0.249 e. The van der Waals surface area contributed by atoms with Gasteiger partial charge in [0, 0.05) is 11.1 Å². The van der Waals surface area contributed by atoms with Gasteiger partial charge in [-0.3, -0.25) is 0 Å². The molecule has 0 aliphatic rings. The van der Waals surface area contributed by atoms with Crippen LogP contribution in [0.25, 0.3) is 5.69 Å². The van der Waals surface area contributed by atoms with Gasteiger partial charge < -0.3 is 4.55 Å². The number of hydrogen-bond donors (Lipinski definition) is 0. The Labute approximate surface area is 132 Å². The Morgan fingerprint density at radius 2 is 1.68 bits per heavy atom. The number of nitrogens with zero attached hydrogens (tertiary/aromatic N) is 2. The fourth-order valence-corrected chi connectivity index (χ4v) is 3.11. The number of benzene rings is 1. The predicted octanol–water partition coefficient (Wildman–Crippen LogP) is 2.51. The van der Waals surface area contributed by atoms with Crippen LogP contribution in [0.4, 0.5) is 0 Å². The first-order chi connectivity index (χ1) is 10.2. The van der Waals surface area contributed by atoms with Crippen LogP contribution >= 0.6 is 0 Å². The van der Waals surface area contributed by atoms with Crippen LogP contribution in [0.2, 0.25) is 0 Å². The Kier molecular flexibility index (Phi) is 4.72. The van der Waals surface area contributed by atoms with Crippen molar-refractivity contribution in [2.45, 2.75) is 45.4 Å². The van der Waals surface area contributed by atoms with Crippen molar-refractivity contribution >= 4 is 10.1 Å². The van der Waals surface area contributed by atoms with E-state index in [0.29, 0.717) is 11.8 Å². The van der Waals surface area contributed by atoms with Crippen molar-refractivity contribution in [1.29, 1.82) is 0 Å². The van der Waals surface area contributed by atoms with Crippen LogP contribution in [-0.4, -0.2) is 17.5 Å². The molecule has 120 valence electrons. The largest absolute Gasteiger partial charge is 0.745 e. The van der Waals surface area contributed by atoms with E-state index in [4.69, 9.17) is 0 Å². The first-order valence-corrected chi connectivity index (χ1v) is 8.90. The summed E-state index contributed by atoms with van der Waals surface area (Å²) in [5.74, 6) is 0.126. The molecule has 5 nitrogen and oxygen atoms in total. The Bertz CT molecular complexity index is 735. The molecule has 0 unspecified atom stereocenters. The number of aromatic nitrogens is 2. The number of imidazole rings is 1. The molecule has 0 saturated heterocycles. The Morgan fingerprint density at radius 1 is 1.14 bits per heavy atom. The molecule has 1 heterocycles. The molecule has 0 spiro atoms. The number of rotatable bonds is 5. The van der Waals surface area contributed by atoms with Crippen molar-refractivity contribution in [2.24, 2.45) is 0 Å². The fourth-order valence-electron chi connectivity index (χ4n) is 2.60. The highest BCUT2D eigenvalue weighted by atomic mass is 32.2. The van der Waals surface area contributed by atoms with Gasteiger partial charge >= 0.3 is 0 Å². The summed E-state index contributed by atoms with van der Waals surface area (Å²) in [6, 6.07) is 6.22. The molecule has 0 N–H and O–H groups in total. The summed E-state index contributed by atoms with van der Waals surface area (Å²) in [5, 5.41) is 0. The van der Waals surface area contributed by atoms with Gasteiger partial charge in [0.2, 0.25) is 6.33 Å². The van der Waals surface area contributed by atoms with Gasteiger partial charge in [0.25, 0.3) is 0 Å². The van der Waals surface area contributed by atoms with Crippen molar-refractivity contribution in [1.82, 2.24) is 4.57 Å². The van der Waals surface area contributed by atoms with E-state index in [0.717, 1.165) is 5.69 Å². The van der Waals surface area contributed by atoms with E-state index >= 15 is 0 Å². The molecule has 6 heteroatoms. The Balaban J connectivity index is 2.56. The normalized spacial score (nSPS) is 12.3. The van der Waals surface area contributed by atoms with Gasteiger partial charge in [0.1, 0.15) is 28.2 Å². The monoisotopic (exact) mass is 322 g/mol. The first kappa shape index (κ1) is 16.7. The SMILES string of the molecule is CC(C)c1cccc(C(C)C)c1-n1cc[n+](CS(=O)(=O)[O-])c1. The minimum Gasteiger partial charge on any atom is -0.745 e. The lowest BCUT2D eigenvalue weighted by Gasteiger charge is -2.16. The summed E-state index contributed by atoms with van der Waals surface area (Å²) < 4.78 is 36.0. The molecule has 0 saturated carbocycles. The molecule has 2 rings (SSSR count). The highest BCUT2D eigenvalue weighted by Crippen LogP contribution is 2.30. The van der Waals surface area contributed by atoms with Crippen LogP contribution < -0.4 is 4.57 Å². The Hall–Kier alpha value is -1.66. The second kappa shape index (κ2) is 6.22. The quantitative estimate of drug-likeness (QED) is 0.627. The van der Waals surface area contributed by atoms with Gasteiger partial charge in [0.15, 0.2) is 5.88 Å². The van der Waals surface area contributed by atoms with Crippen molar-refractivity contribution in [3.8, 4) is 5.69 Å². The van der Waals surface area contributed by atoms with Gasteiger partial charge in [-0.25, -0.2) is 17.6 Å². The molecular formula is C16H22N2O3S. The van der Waals surface area contributed by atoms with E-state index in [1.54, 1.807) is 18.7 Å². The van der Waals surface area contributed by atoms with E-state index in [2.05, 4.69) is 39.8 Å². The van der Waals surface area contributed by atoms with Crippen LogP contribution in [-0.2, 0) is 16.0 Å². The molecule has 0 bridgehead atoms. The lowest BCUT2D eigenvalue weighted by Crippen LogP contribution is -2.35. The van der Waals surface area contributed by atoms with E-state index in [-0.39, 0.29) is 0 Å². The van der Waals surface area contributed by atoms with Crippen molar-refractivity contribution in [3.05, 3.63) is 48.0 Å². The third kappa shape index (κ3) is 3.75. The maximum atomic E-state index is 10.9. The first-order valence-electron chi connectivity index (χ1n) is 7.33. The summed E-state index contributed by atoms with van der Waals surface area (Å²) in [6.07, 6.45) is 5.05. The highest BCUT2D eigenvalue weighted by Gasteiger charge is 2.20. The number of hydrogen-bond acceptors (Lipinski definition) is 3. The van der Waals surface area contributed by atoms with Crippen LogP contribution in [0.3, 0.4) is 0 Å². The Morgan fingerprint density at radius 3 is 2.14 bits per heavy atom. The molecule has 0 atom stereocenters. The topological polar surface area (TPSA) is 66.0 Å². The van der Waals surface area contributed by atoms with Crippen LogP contribution in [0.5, 0.6) is 0 Å². The maximum absolute atomic E-state index is 10.9. The van der Waals surface area contributed by atoms with Gasteiger partial charge in [-0.2, -0.15) is 0 Å². The third-order valence-corrected chi connectivity index (χ3v) is 4.21. The van der Waals surface area contributed by atoms with Crippen molar-refractivity contribution < 1.29 is 17.5 Å².